The fourth-order valence-corrected chi connectivity index (χ4v) is 3.07. The summed E-state index contributed by atoms with van der Waals surface area (Å²) < 4.78 is 5.97. The van der Waals surface area contributed by atoms with Crippen LogP contribution in [0.3, 0.4) is 0 Å². The fourth-order valence-electron chi connectivity index (χ4n) is 3.07. The Morgan fingerprint density at radius 3 is 2.81 bits per heavy atom. The van der Waals surface area contributed by atoms with Crippen LogP contribution >= 0.6 is 0 Å². The Morgan fingerprint density at radius 2 is 2.25 bits per heavy atom. The molecule has 3 nitrogen and oxygen atoms in total. The van der Waals surface area contributed by atoms with E-state index in [1.165, 1.54) is 32.1 Å². The molecule has 1 aliphatic carbocycles. The number of hydrogen-bond acceptors (Lipinski definition) is 3. The fraction of sp³-hybridized carbons (Fsp3) is 1.00. The maximum absolute atomic E-state index is 5.97. The summed E-state index contributed by atoms with van der Waals surface area (Å²) >= 11 is 0. The van der Waals surface area contributed by atoms with Gasteiger partial charge >= 0.3 is 0 Å². The maximum Gasteiger partial charge on any atom is 0.0697 e. The van der Waals surface area contributed by atoms with Gasteiger partial charge in [-0.2, -0.15) is 0 Å². The molecule has 0 bridgehead atoms. The van der Waals surface area contributed by atoms with Crippen molar-refractivity contribution in [3.8, 4) is 0 Å². The van der Waals surface area contributed by atoms with Crippen LogP contribution < -0.4 is 5.73 Å². The Morgan fingerprint density at radius 1 is 1.50 bits per heavy atom. The van der Waals surface area contributed by atoms with Crippen molar-refractivity contribution in [3.63, 3.8) is 0 Å². The van der Waals surface area contributed by atoms with E-state index < -0.39 is 0 Å². The van der Waals surface area contributed by atoms with Crippen LogP contribution in [0.15, 0.2) is 0 Å². The van der Waals surface area contributed by atoms with Crippen molar-refractivity contribution >= 4 is 0 Å². The average Bonchev–Trinajstić information content (AvgIpc) is 2.26. The second kappa shape index (κ2) is 5.03. The van der Waals surface area contributed by atoms with Crippen molar-refractivity contribution in [2.45, 2.75) is 63.1 Å². The summed E-state index contributed by atoms with van der Waals surface area (Å²) in [7, 11) is 2.25. The first kappa shape index (κ1) is 12.3. The van der Waals surface area contributed by atoms with E-state index in [1.54, 1.807) is 0 Å². The van der Waals surface area contributed by atoms with E-state index >= 15 is 0 Å². The molecule has 2 N–H and O–H groups in total. The number of hydrogen-bond donors (Lipinski definition) is 1. The third kappa shape index (κ3) is 2.41. The Hall–Kier alpha value is -0.120. The van der Waals surface area contributed by atoms with Gasteiger partial charge in [-0.1, -0.05) is 0 Å². The van der Waals surface area contributed by atoms with Crippen LogP contribution in [-0.4, -0.2) is 42.8 Å². The highest BCUT2D eigenvalue weighted by molar-refractivity contribution is 4.96. The maximum atomic E-state index is 5.97. The van der Waals surface area contributed by atoms with Gasteiger partial charge in [-0.25, -0.2) is 0 Å². The molecule has 1 saturated carbocycles. The number of rotatable bonds is 4. The lowest BCUT2D eigenvalue weighted by molar-refractivity contribution is -0.149. The lowest BCUT2D eigenvalue weighted by Gasteiger charge is -2.50. The van der Waals surface area contributed by atoms with Crippen LogP contribution in [0.25, 0.3) is 0 Å². The van der Waals surface area contributed by atoms with E-state index in [2.05, 4.69) is 18.9 Å². The summed E-state index contributed by atoms with van der Waals surface area (Å²) in [6.45, 7) is 4.03. The summed E-state index contributed by atoms with van der Waals surface area (Å²) in [6, 6.07) is 1.31. The highest BCUT2D eigenvalue weighted by atomic mass is 16.5. The molecular weight excluding hydrogens is 200 g/mol. The molecular formula is C13H26N2O. The van der Waals surface area contributed by atoms with Gasteiger partial charge in [-0.3, -0.25) is 0 Å². The smallest absolute Gasteiger partial charge is 0.0697 e. The highest BCUT2D eigenvalue weighted by Gasteiger charge is 2.43. The Balaban J connectivity index is 1.88. The van der Waals surface area contributed by atoms with E-state index in [-0.39, 0.29) is 5.60 Å². The molecule has 2 aliphatic rings. The average molecular weight is 226 g/mol. The number of nitrogens with two attached hydrogens (primary N) is 1. The molecule has 94 valence electrons. The van der Waals surface area contributed by atoms with Gasteiger partial charge in [0.2, 0.25) is 0 Å². The van der Waals surface area contributed by atoms with Crippen molar-refractivity contribution in [2.75, 3.05) is 20.2 Å². The van der Waals surface area contributed by atoms with Gasteiger partial charge in [0.05, 0.1) is 5.60 Å². The summed E-state index contributed by atoms with van der Waals surface area (Å²) in [4.78, 5) is 2.52. The molecule has 0 amide bonds. The second-order valence-electron chi connectivity index (χ2n) is 5.62. The van der Waals surface area contributed by atoms with E-state index in [9.17, 15) is 0 Å². The highest BCUT2D eigenvalue weighted by Crippen LogP contribution is 2.43. The first-order chi connectivity index (χ1) is 7.67. The molecule has 2 atom stereocenters. The van der Waals surface area contributed by atoms with Crippen LogP contribution in [0, 0.1) is 0 Å². The van der Waals surface area contributed by atoms with Gasteiger partial charge < -0.3 is 15.4 Å². The third-order valence-corrected chi connectivity index (χ3v) is 4.59. The first-order valence-electron chi connectivity index (χ1n) is 6.73. The minimum atomic E-state index is 0.264. The van der Waals surface area contributed by atoms with Crippen LogP contribution in [-0.2, 0) is 4.74 Å². The van der Waals surface area contributed by atoms with Gasteiger partial charge in [0.25, 0.3) is 0 Å². The Labute approximate surface area is 99.3 Å². The summed E-state index contributed by atoms with van der Waals surface area (Å²) in [5, 5.41) is 0. The molecule has 16 heavy (non-hydrogen) atoms. The lowest BCUT2D eigenvalue weighted by atomic mass is 9.73. The molecule has 1 aliphatic heterocycles. The third-order valence-electron chi connectivity index (χ3n) is 4.59. The van der Waals surface area contributed by atoms with Crippen LogP contribution in [0.4, 0.5) is 0 Å². The molecule has 1 saturated heterocycles. The van der Waals surface area contributed by atoms with E-state index in [1.807, 2.05) is 0 Å². The molecule has 0 aromatic carbocycles. The largest absolute Gasteiger partial charge is 0.375 e. The van der Waals surface area contributed by atoms with Crippen LogP contribution in [0.1, 0.15) is 45.4 Å². The van der Waals surface area contributed by atoms with Gasteiger partial charge in [-0.05, 0) is 59.0 Å². The minimum Gasteiger partial charge on any atom is -0.375 e. The van der Waals surface area contributed by atoms with Gasteiger partial charge in [0.15, 0.2) is 0 Å². The monoisotopic (exact) mass is 226 g/mol. The van der Waals surface area contributed by atoms with Gasteiger partial charge in [0.1, 0.15) is 0 Å². The molecule has 1 heterocycles. The van der Waals surface area contributed by atoms with Crippen molar-refractivity contribution < 1.29 is 4.74 Å². The Kier molecular flexibility index (Phi) is 3.88. The minimum absolute atomic E-state index is 0.264. The topological polar surface area (TPSA) is 38.5 Å². The second-order valence-corrected chi connectivity index (χ2v) is 5.62. The zero-order valence-electron chi connectivity index (χ0n) is 10.7. The summed E-state index contributed by atoms with van der Waals surface area (Å²) in [6.07, 6.45) is 7.44. The van der Waals surface area contributed by atoms with E-state index in [0.717, 1.165) is 19.6 Å². The Bertz CT molecular complexity index is 228. The van der Waals surface area contributed by atoms with Crippen molar-refractivity contribution in [1.29, 1.82) is 0 Å². The van der Waals surface area contributed by atoms with Crippen molar-refractivity contribution in [3.05, 3.63) is 0 Å². The molecule has 0 aromatic heterocycles. The standard InChI is InChI=1S/C13H26N2O/c1-11(4-8-14)15(2)12-5-9-16-13(10-12)6-3-7-13/h11-12H,3-10,14H2,1-2H3. The molecule has 0 aromatic rings. The van der Waals surface area contributed by atoms with Crippen LogP contribution in [0.5, 0.6) is 0 Å². The summed E-state index contributed by atoms with van der Waals surface area (Å²) in [5.74, 6) is 0. The number of ether oxygens (including phenoxy) is 1. The molecule has 1 spiro atoms. The van der Waals surface area contributed by atoms with Crippen molar-refractivity contribution in [2.24, 2.45) is 5.73 Å². The SMILES string of the molecule is CC(CCN)N(C)C1CCOC2(CCC2)C1. The zero-order valence-corrected chi connectivity index (χ0v) is 10.7. The number of nitrogens with zero attached hydrogens (tertiary/aromatic N) is 1. The van der Waals surface area contributed by atoms with Gasteiger partial charge in [-0.15, -0.1) is 0 Å². The quantitative estimate of drug-likeness (QED) is 0.794. The van der Waals surface area contributed by atoms with E-state index in [4.69, 9.17) is 10.5 Å². The lowest BCUT2D eigenvalue weighted by Crippen LogP contribution is -2.53. The van der Waals surface area contributed by atoms with Crippen LogP contribution in [0.2, 0.25) is 0 Å². The first-order valence-corrected chi connectivity index (χ1v) is 6.73. The predicted molar refractivity (Wildman–Crippen MR) is 66.5 cm³/mol. The predicted octanol–water partition coefficient (Wildman–Crippen LogP) is 1.76. The van der Waals surface area contributed by atoms with E-state index in [0.29, 0.717) is 12.1 Å². The van der Waals surface area contributed by atoms with Crippen molar-refractivity contribution in [1.82, 2.24) is 4.90 Å². The molecule has 3 heteroatoms. The van der Waals surface area contributed by atoms with Gasteiger partial charge in [0, 0.05) is 18.7 Å². The normalized spacial score (nSPS) is 30.4. The molecule has 2 rings (SSSR count). The zero-order chi connectivity index (χ0) is 11.6. The molecule has 0 radical (unpaired) electrons. The molecule has 2 unspecified atom stereocenters. The molecule has 2 fully saturated rings. The summed E-state index contributed by atoms with van der Waals surface area (Å²) in [5.41, 5.74) is 5.90.